The molecule has 0 spiro atoms. The third-order valence-corrected chi connectivity index (χ3v) is 5.76. The molecular weight excluding hydrogens is 268 g/mol. The Kier molecular flexibility index (Phi) is 2.91. The highest BCUT2D eigenvalue weighted by atomic mass is 16.4. The van der Waals surface area contributed by atoms with Gasteiger partial charge in [-0.15, -0.1) is 0 Å². The van der Waals surface area contributed by atoms with Gasteiger partial charge in [-0.2, -0.15) is 0 Å². The zero-order chi connectivity index (χ0) is 15.4. The Hall–Kier alpha value is -1.84. The molecule has 1 fully saturated rings. The summed E-state index contributed by atoms with van der Waals surface area (Å²) < 4.78 is 0. The smallest absolute Gasteiger partial charge is 0.311 e. The van der Waals surface area contributed by atoms with Crippen molar-refractivity contribution in [1.82, 2.24) is 0 Å². The molecule has 0 unspecified atom stereocenters. The Balaban J connectivity index is 2.26. The maximum Gasteiger partial charge on any atom is 0.311 e. The third kappa shape index (κ3) is 1.68. The van der Waals surface area contributed by atoms with E-state index in [2.05, 4.69) is 0 Å². The topological polar surface area (TPSA) is 74.6 Å². The summed E-state index contributed by atoms with van der Waals surface area (Å²) in [6.07, 6.45) is 2.21. The summed E-state index contributed by atoms with van der Waals surface area (Å²) in [5, 5.41) is 19.5. The Morgan fingerprint density at radius 1 is 1.14 bits per heavy atom. The Morgan fingerprint density at radius 2 is 1.81 bits per heavy atom. The number of benzene rings is 1. The van der Waals surface area contributed by atoms with E-state index in [-0.39, 0.29) is 5.41 Å². The van der Waals surface area contributed by atoms with Crippen molar-refractivity contribution in [2.45, 2.75) is 44.4 Å². The van der Waals surface area contributed by atoms with Crippen LogP contribution in [0.25, 0.3) is 0 Å². The van der Waals surface area contributed by atoms with E-state index in [0.29, 0.717) is 6.42 Å². The number of fused-ring (bicyclic) bond motifs is 3. The molecule has 2 aliphatic carbocycles. The molecule has 4 nitrogen and oxygen atoms in total. The van der Waals surface area contributed by atoms with Crippen molar-refractivity contribution < 1.29 is 19.8 Å². The molecule has 4 atom stereocenters. The second-order valence-corrected chi connectivity index (χ2v) is 6.87. The molecule has 4 heteroatoms. The Morgan fingerprint density at radius 3 is 2.43 bits per heavy atom. The van der Waals surface area contributed by atoms with Crippen LogP contribution in [0.3, 0.4) is 0 Å². The molecule has 3 rings (SSSR count). The van der Waals surface area contributed by atoms with E-state index in [9.17, 15) is 19.8 Å². The molecule has 2 aliphatic rings. The van der Waals surface area contributed by atoms with Crippen molar-refractivity contribution in [3.8, 4) is 0 Å². The lowest BCUT2D eigenvalue weighted by Gasteiger charge is -2.48. The van der Waals surface area contributed by atoms with Crippen LogP contribution in [0.4, 0.5) is 0 Å². The van der Waals surface area contributed by atoms with Crippen molar-refractivity contribution in [1.29, 1.82) is 0 Å². The molecule has 0 radical (unpaired) electrons. The summed E-state index contributed by atoms with van der Waals surface area (Å²) in [5.74, 6) is -2.92. The highest BCUT2D eigenvalue weighted by Gasteiger charge is 2.62. The van der Waals surface area contributed by atoms with Gasteiger partial charge in [0.15, 0.2) is 0 Å². The Labute approximate surface area is 123 Å². The van der Waals surface area contributed by atoms with Gasteiger partial charge in [0, 0.05) is 5.92 Å². The number of hydrogen-bond acceptors (Lipinski definition) is 2. The summed E-state index contributed by atoms with van der Waals surface area (Å²) in [7, 11) is 0. The van der Waals surface area contributed by atoms with Crippen molar-refractivity contribution in [3.05, 3.63) is 35.4 Å². The number of rotatable bonds is 2. The van der Waals surface area contributed by atoms with Crippen LogP contribution >= 0.6 is 0 Å². The van der Waals surface area contributed by atoms with E-state index < -0.39 is 29.2 Å². The zero-order valence-electron chi connectivity index (χ0n) is 12.3. The van der Waals surface area contributed by atoms with E-state index in [4.69, 9.17) is 0 Å². The zero-order valence-corrected chi connectivity index (χ0v) is 12.3. The lowest BCUT2D eigenvalue weighted by atomic mass is 9.54. The van der Waals surface area contributed by atoms with Crippen LogP contribution in [0.1, 0.15) is 50.2 Å². The molecule has 0 aliphatic heterocycles. The maximum atomic E-state index is 11.9. The van der Waals surface area contributed by atoms with Crippen LogP contribution in [-0.4, -0.2) is 22.2 Å². The molecular formula is C17H20O4. The predicted octanol–water partition coefficient (Wildman–Crippen LogP) is 3.02. The minimum absolute atomic E-state index is 0.370. The van der Waals surface area contributed by atoms with Gasteiger partial charge in [0.25, 0.3) is 0 Å². The fourth-order valence-corrected chi connectivity index (χ4v) is 4.86. The van der Waals surface area contributed by atoms with Crippen molar-refractivity contribution in [2.75, 3.05) is 0 Å². The average Bonchev–Trinajstić information content (AvgIpc) is 2.70. The van der Waals surface area contributed by atoms with Crippen LogP contribution in [-0.2, 0) is 15.0 Å². The largest absolute Gasteiger partial charge is 0.481 e. The van der Waals surface area contributed by atoms with Crippen molar-refractivity contribution >= 4 is 11.9 Å². The van der Waals surface area contributed by atoms with Crippen molar-refractivity contribution in [2.24, 2.45) is 11.3 Å². The highest BCUT2D eigenvalue weighted by Crippen LogP contribution is 2.63. The molecule has 1 saturated carbocycles. The number of hydrogen-bond donors (Lipinski definition) is 2. The van der Waals surface area contributed by atoms with Gasteiger partial charge in [0.1, 0.15) is 0 Å². The van der Waals surface area contributed by atoms with Gasteiger partial charge in [-0.1, -0.05) is 37.6 Å². The quantitative estimate of drug-likeness (QED) is 0.877. The fourth-order valence-electron chi connectivity index (χ4n) is 4.86. The summed E-state index contributed by atoms with van der Waals surface area (Å²) in [6, 6.07) is 7.57. The molecule has 1 aromatic rings. The summed E-state index contributed by atoms with van der Waals surface area (Å²) in [4.78, 5) is 23.8. The van der Waals surface area contributed by atoms with E-state index in [1.807, 2.05) is 31.2 Å². The molecule has 0 heterocycles. The van der Waals surface area contributed by atoms with Gasteiger partial charge in [-0.05, 0) is 36.3 Å². The van der Waals surface area contributed by atoms with E-state index in [0.717, 1.165) is 24.0 Å². The molecule has 0 amide bonds. The average molecular weight is 288 g/mol. The normalized spacial score (nSPS) is 37.6. The predicted molar refractivity (Wildman–Crippen MR) is 77.3 cm³/mol. The maximum absolute atomic E-state index is 11.9. The van der Waals surface area contributed by atoms with E-state index >= 15 is 0 Å². The highest BCUT2D eigenvalue weighted by molar-refractivity contribution is 5.83. The monoisotopic (exact) mass is 288 g/mol. The lowest BCUT2D eigenvalue weighted by Crippen LogP contribution is -2.50. The molecule has 2 N–H and O–H groups in total. The first-order valence-electron chi connectivity index (χ1n) is 7.38. The van der Waals surface area contributed by atoms with Gasteiger partial charge in [0.05, 0.1) is 11.3 Å². The van der Waals surface area contributed by atoms with Crippen LogP contribution < -0.4 is 0 Å². The first-order chi connectivity index (χ1) is 9.82. The molecule has 0 aromatic heterocycles. The molecule has 0 saturated heterocycles. The molecule has 112 valence electrons. The van der Waals surface area contributed by atoms with Gasteiger partial charge in [0.2, 0.25) is 0 Å². The first-order valence-corrected chi connectivity index (χ1v) is 7.38. The van der Waals surface area contributed by atoms with E-state index in [1.54, 1.807) is 6.92 Å². The van der Waals surface area contributed by atoms with Gasteiger partial charge < -0.3 is 10.2 Å². The van der Waals surface area contributed by atoms with Crippen LogP contribution in [0.2, 0.25) is 0 Å². The lowest BCUT2D eigenvalue weighted by molar-refractivity contribution is -0.160. The molecule has 0 bridgehead atoms. The van der Waals surface area contributed by atoms with Crippen LogP contribution in [0.15, 0.2) is 24.3 Å². The minimum Gasteiger partial charge on any atom is -0.481 e. The number of carbonyl (C=O) groups is 2. The molecule has 1 aromatic carbocycles. The molecule has 21 heavy (non-hydrogen) atoms. The fraction of sp³-hybridized carbons (Fsp3) is 0.529. The second kappa shape index (κ2) is 4.33. The summed E-state index contributed by atoms with van der Waals surface area (Å²) >= 11 is 0. The van der Waals surface area contributed by atoms with Gasteiger partial charge in [-0.3, -0.25) is 9.59 Å². The van der Waals surface area contributed by atoms with Crippen molar-refractivity contribution in [3.63, 3.8) is 0 Å². The van der Waals surface area contributed by atoms with Gasteiger partial charge in [-0.25, -0.2) is 0 Å². The van der Waals surface area contributed by atoms with Crippen LogP contribution in [0, 0.1) is 11.3 Å². The number of carboxylic acids is 2. The number of carboxylic acid groups (broad SMARTS) is 2. The second-order valence-electron chi connectivity index (χ2n) is 6.87. The number of aliphatic carboxylic acids is 2. The first kappa shape index (κ1) is 14.1. The van der Waals surface area contributed by atoms with E-state index in [1.165, 1.54) is 0 Å². The minimum atomic E-state index is -0.991. The third-order valence-electron chi connectivity index (χ3n) is 5.76. The standard InChI is InChI=1S/C17H20O4/c1-16-8-5-9-17(2,15(20)21)13(16)12(14(18)19)10-6-3-4-7-11(10)16/h3-4,6-7,12-13H,5,8-9H2,1-2H3,(H,18,19)(H,20,21)/t12-,13+,16+,17-/m1/s1. The summed E-state index contributed by atoms with van der Waals surface area (Å²) in [5.41, 5.74) is 0.460. The van der Waals surface area contributed by atoms with Crippen LogP contribution in [0.5, 0.6) is 0 Å². The summed E-state index contributed by atoms with van der Waals surface area (Å²) in [6.45, 7) is 3.76. The SMILES string of the molecule is C[C@@]1(C(=O)O)CCC[C@@]2(C)c3ccccc3[C@@H](C(=O)O)[C@H]12. The van der Waals surface area contributed by atoms with Gasteiger partial charge >= 0.3 is 11.9 Å². The Bertz CT molecular complexity index is 623.